The van der Waals surface area contributed by atoms with Crippen molar-refractivity contribution in [3.63, 3.8) is 0 Å². The van der Waals surface area contributed by atoms with Crippen LogP contribution in [-0.4, -0.2) is 117 Å². The van der Waals surface area contributed by atoms with Crippen molar-refractivity contribution in [2.24, 2.45) is 0 Å². The molecule has 17 nitrogen and oxygen atoms in total. The van der Waals surface area contributed by atoms with Crippen molar-refractivity contribution < 1.29 is 51.8 Å². The number of carbonyl (C=O) groups excluding carboxylic acids is 5. The molecule has 67 heavy (non-hydrogen) atoms. The van der Waals surface area contributed by atoms with Crippen LogP contribution in [0.5, 0.6) is 0 Å². The van der Waals surface area contributed by atoms with Gasteiger partial charge in [-0.05, 0) is 91.8 Å². The highest BCUT2D eigenvalue weighted by Crippen LogP contribution is 2.19. The lowest BCUT2D eigenvalue weighted by molar-refractivity contribution is -0.141. The number of aryl methyl sites for hydroxylation is 3. The second-order valence-electron chi connectivity index (χ2n) is 15.6. The van der Waals surface area contributed by atoms with Crippen LogP contribution in [0.4, 0.5) is 11.5 Å². The number of aliphatic carboxylic acids is 1. The van der Waals surface area contributed by atoms with Crippen LogP contribution in [0.1, 0.15) is 79.0 Å². The van der Waals surface area contributed by atoms with Gasteiger partial charge in [0.2, 0.25) is 21.8 Å². The number of benzene rings is 3. The Morgan fingerprint density at radius 1 is 0.701 bits per heavy atom. The number of hydrogen-bond acceptors (Lipinski definition) is 12. The lowest BCUT2D eigenvalue weighted by Crippen LogP contribution is -2.52. The average molecular weight is 943 g/mol. The molecule has 0 aliphatic carbocycles. The summed E-state index contributed by atoms with van der Waals surface area (Å²) in [6.45, 7) is 1.67. The molecular formula is C49H62N6O11S. The van der Waals surface area contributed by atoms with E-state index in [0.717, 1.165) is 26.9 Å². The number of Topliss-reactive ketones (excluding diaryl/α,β-unsaturated/α-hetero) is 2. The summed E-state index contributed by atoms with van der Waals surface area (Å²) in [4.78, 5) is 78.2. The van der Waals surface area contributed by atoms with E-state index in [1.165, 1.54) is 24.3 Å². The molecular weight excluding hydrogens is 881 g/mol. The summed E-state index contributed by atoms with van der Waals surface area (Å²) in [6.07, 6.45) is 3.68. The van der Waals surface area contributed by atoms with Crippen LogP contribution in [0.3, 0.4) is 0 Å². The number of ketones is 2. The largest absolute Gasteiger partial charge is 0.480 e. The van der Waals surface area contributed by atoms with Crippen molar-refractivity contribution in [2.75, 3.05) is 63.7 Å². The van der Waals surface area contributed by atoms with Gasteiger partial charge in [0.1, 0.15) is 23.4 Å². The Labute approximate surface area is 392 Å². The van der Waals surface area contributed by atoms with Crippen molar-refractivity contribution in [2.45, 2.75) is 82.1 Å². The van der Waals surface area contributed by atoms with Gasteiger partial charge in [0.25, 0.3) is 5.91 Å². The van der Waals surface area contributed by atoms with Crippen LogP contribution in [-0.2, 0) is 62.7 Å². The number of pyridine rings is 1. The molecule has 0 saturated heterocycles. The number of anilines is 2. The van der Waals surface area contributed by atoms with Gasteiger partial charge in [-0.2, -0.15) is 4.31 Å². The summed E-state index contributed by atoms with van der Waals surface area (Å²) >= 11 is 0. The van der Waals surface area contributed by atoms with Crippen LogP contribution in [0.15, 0.2) is 102 Å². The van der Waals surface area contributed by atoms with E-state index in [0.29, 0.717) is 57.4 Å². The van der Waals surface area contributed by atoms with Crippen LogP contribution in [0.25, 0.3) is 0 Å². The first-order valence-corrected chi connectivity index (χ1v) is 23.9. The molecule has 0 radical (unpaired) electrons. The van der Waals surface area contributed by atoms with E-state index in [4.69, 9.17) is 9.47 Å². The minimum absolute atomic E-state index is 0.0374. The SMILES string of the molecule is CCC(=O)CC(=O)CCc1ccc(NC(=O)CCCC(=O)NCCCOCCOCCN([C@@H](CNC(=O)c2ccc(CCc3cccc(NC)n3)cc2)C(=O)O)S(=O)(=O)c2ccccc2)cc1. The highest BCUT2D eigenvalue weighted by Gasteiger charge is 2.36. The fourth-order valence-electron chi connectivity index (χ4n) is 6.70. The molecule has 18 heteroatoms. The summed E-state index contributed by atoms with van der Waals surface area (Å²) in [5.74, 6) is -1.81. The van der Waals surface area contributed by atoms with Gasteiger partial charge in [0, 0.05) is 75.9 Å². The zero-order chi connectivity index (χ0) is 48.4. The lowest BCUT2D eigenvalue weighted by atomic mass is 10.0. The van der Waals surface area contributed by atoms with Crippen LogP contribution < -0.4 is 21.3 Å². The molecule has 0 fully saturated rings. The van der Waals surface area contributed by atoms with E-state index < -0.39 is 34.5 Å². The summed E-state index contributed by atoms with van der Waals surface area (Å²) in [7, 11) is -2.53. The number of ether oxygens (including phenoxy) is 2. The fraction of sp³-hybridized carbons (Fsp3) is 0.408. The van der Waals surface area contributed by atoms with Crippen molar-refractivity contribution in [3.05, 3.63) is 119 Å². The normalized spacial score (nSPS) is 11.7. The second-order valence-corrected chi connectivity index (χ2v) is 17.5. The van der Waals surface area contributed by atoms with Gasteiger partial charge in [0.05, 0.1) is 31.1 Å². The Bertz CT molecular complexity index is 2330. The molecule has 5 N–H and O–H groups in total. The van der Waals surface area contributed by atoms with Crippen molar-refractivity contribution in [3.8, 4) is 0 Å². The number of aromatic nitrogens is 1. The molecule has 4 rings (SSSR count). The topological polar surface area (TPSA) is 239 Å². The number of nitrogens with zero attached hydrogens (tertiary/aromatic N) is 2. The summed E-state index contributed by atoms with van der Waals surface area (Å²) in [6, 6.07) is 25.6. The van der Waals surface area contributed by atoms with E-state index in [9.17, 15) is 42.3 Å². The standard InChI is InChI=1S/C49H62N6O11S/c1-3-41(56)34-42(57)27-21-37-19-25-40(26-20-37)54-47(59)15-8-14-46(58)51-28-9-30-65-32-33-66-31-29-55(67(63,64)43-11-5-4-6-12-43)44(49(61)62)35-52-48(60)38-22-16-36(17-23-38)18-24-39-10-7-13-45(50-2)53-39/h4-7,10-13,16-17,19-20,22-23,25-26,44H,3,8-9,14-15,18,21,24,27-35H2,1-2H3,(H,50,53)(H,51,58)(H,52,60)(H,54,59)(H,61,62)/t44-/m0/s1. The quantitative estimate of drug-likeness (QED) is 0.0320. The number of carbonyl (C=O) groups is 6. The Morgan fingerprint density at radius 3 is 2.06 bits per heavy atom. The number of amides is 3. The highest BCUT2D eigenvalue weighted by atomic mass is 32.2. The van der Waals surface area contributed by atoms with E-state index in [1.807, 2.05) is 42.5 Å². The van der Waals surface area contributed by atoms with Gasteiger partial charge in [0.15, 0.2) is 0 Å². The van der Waals surface area contributed by atoms with Crippen LogP contribution >= 0.6 is 0 Å². The molecule has 3 aromatic carbocycles. The molecule has 360 valence electrons. The first-order valence-electron chi connectivity index (χ1n) is 22.4. The maximum Gasteiger partial charge on any atom is 0.323 e. The lowest BCUT2D eigenvalue weighted by Gasteiger charge is -2.28. The van der Waals surface area contributed by atoms with E-state index >= 15 is 0 Å². The average Bonchev–Trinajstić information content (AvgIpc) is 3.33. The van der Waals surface area contributed by atoms with Gasteiger partial charge < -0.3 is 35.8 Å². The Morgan fingerprint density at radius 2 is 1.37 bits per heavy atom. The number of carboxylic acid groups (broad SMARTS) is 1. The minimum atomic E-state index is -4.33. The number of rotatable bonds is 32. The predicted molar refractivity (Wildman–Crippen MR) is 253 cm³/mol. The highest BCUT2D eigenvalue weighted by molar-refractivity contribution is 7.89. The first-order chi connectivity index (χ1) is 32.3. The van der Waals surface area contributed by atoms with Gasteiger partial charge >= 0.3 is 5.97 Å². The Hall–Kier alpha value is -6.34. The number of hydrogen-bond donors (Lipinski definition) is 5. The third kappa shape index (κ3) is 19.2. The van der Waals surface area contributed by atoms with Gasteiger partial charge in [-0.3, -0.25) is 28.8 Å². The maximum absolute atomic E-state index is 13.8. The van der Waals surface area contributed by atoms with Crippen molar-refractivity contribution in [1.29, 1.82) is 0 Å². The van der Waals surface area contributed by atoms with Crippen LogP contribution in [0, 0.1) is 0 Å². The number of nitrogens with one attached hydrogen (secondary N) is 4. The molecule has 3 amide bonds. The smallest absolute Gasteiger partial charge is 0.323 e. The Kier molecular flexibility index (Phi) is 22.8. The summed E-state index contributed by atoms with van der Waals surface area (Å²) in [5.41, 5.74) is 3.71. The summed E-state index contributed by atoms with van der Waals surface area (Å²) < 4.78 is 39.6. The first kappa shape index (κ1) is 53.3. The molecule has 1 atom stereocenters. The third-order valence-corrected chi connectivity index (χ3v) is 12.5. The fourth-order valence-corrected chi connectivity index (χ4v) is 8.29. The van der Waals surface area contributed by atoms with Gasteiger partial charge in [-0.25, -0.2) is 13.4 Å². The van der Waals surface area contributed by atoms with Crippen LogP contribution in [0.2, 0.25) is 0 Å². The molecule has 0 bridgehead atoms. The van der Waals surface area contributed by atoms with E-state index in [-0.39, 0.29) is 85.9 Å². The molecule has 0 aliphatic heterocycles. The van der Waals surface area contributed by atoms with E-state index in [1.54, 1.807) is 44.3 Å². The zero-order valence-electron chi connectivity index (χ0n) is 38.2. The molecule has 0 saturated carbocycles. The molecule has 0 aliphatic rings. The minimum Gasteiger partial charge on any atom is -0.480 e. The maximum atomic E-state index is 13.8. The molecule has 0 unspecified atom stereocenters. The van der Waals surface area contributed by atoms with Gasteiger partial charge in [-0.15, -0.1) is 0 Å². The van der Waals surface area contributed by atoms with Gasteiger partial charge in [-0.1, -0.05) is 55.5 Å². The summed E-state index contributed by atoms with van der Waals surface area (Å²) in [5, 5.41) is 21.4. The number of sulfonamides is 1. The Balaban J connectivity index is 1.12. The van der Waals surface area contributed by atoms with Crippen molar-refractivity contribution >= 4 is 56.8 Å². The molecule has 4 aromatic rings. The second kappa shape index (κ2) is 28.6. The number of carboxylic acids is 1. The molecule has 0 spiro atoms. The molecule has 1 aromatic heterocycles. The monoisotopic (exact) mass is 942 g/mol. The van der Waals surface area contributed by atoms with Crippen molar-refractivity contribution in [1.82, 2.24) is 19.9 Å². The predicted octanol–water partition coefficient (Wildman–Crippen LogP) is 5.00. The van der Waals surface area contributed by atoms with E-state index in [2.05, 4.69) is 26.3 Å². The molecule has 1 heterocycles. The third-order valence-electron chi connectivity index (χ3n) is 10.5. The zero-order valence-corrected chi connectivity index (χ0v) is 39.0.